The topological polar surface area (TPSA) is 84.2 Å². The molecule has 0 saturated heterocycles. The van der Waals surface area contributed by atoms with Gasteiger partial charge in [-0.1, -0.05) is 25.1 Å². The van der Waals surface area contributed by atoms with Crippen LogP contribution in [0.3, 0.4) is 0 Å². The minimum atomic E-state index is -0.426. The Hall–Kier alpha value is -2.70. The monoisotopic (exact) mass is 347 g/mol. The zero-order valence-corrected chi connectivity index (χ0v) is 14.8. The maximum Gasteiger partial charge on any atom is 0.256 e. The molecule has 1 heterocycles. The van der Waals surface area contributed by atoms with E-state index in [4.69, 9.17) is 4.52 Å². The molecule has 0 aliphatic rings. The summed E-state index contributed by atoms with van der Waals surface area (Å²) < 4.78 is 18.7. The Morgan fingerprint density at radius 1 is 1.16 bits per heavy atom. The van der Waals surface area contributed by atoms with Crippen LogP contribution in [0.2, 0.25) is 0 Å². The molecular weight excluding hydrogens is 325 g/mol. The van der Waals surface area contributed by atoms with Crippen molar-refractivity contribution in [1.29, 1.82) is 0 Å². The first-order valence-corrected chi connectivity index (χ1v) is 8.10. The van der Waals surface area contributed by atoms with Gasteiger partial charge in [0.15, 0.2) is 5.76 Å². The number of benzene rings is 1. The number of hydrogen-bond donors (Lipinski definition) is 2. The molecule has 0 atom stereocenters. The van der Waals surface area contributed by atoms with Gasteiger partial charge in [-0.2, -0.15) is 0 Å². The van der Waals surface area contributed by atoms with E-state index in [0.29, 0.717) is 22.6 Å². The zero-order valence-electron chi connectivity index (χ0n) is 14.8. The van der Waals surface area contributed by atoms with Crippen molar-refractivity contribution in [2.24, 2.45) is 0 Å². The SMILES string of the molecule is Cc1ccc(C(=O)NCCNC(=O)c2c(C)noc2C(C)C)cc1F. The average molecular weight is 347 g/mol. The lowest BCUT2D eigenvalue weighted by atomic mass is 10.0. The van der Waals surface area contributed by atoms with Gasteiger partial charge in [-0.05, 0) is 31.5 Å². The summed E-state index contributed by atoms with van der Waals surface area (Å²) in [6.07, 6.45) is 0. The van der Waals surface area contributed by atoms with Crippen molar-refractivity contribution < 1.29 is 18.5 Å². The number of aryl methyl sites for hydroxylation is 2. The number of carbonyl (C=O) groups excluding carboxylic acids is 2. The summed E-state index contributed by atoms with van der Waals surface area (Å²) in [6.45, 7) is 7.63. The maximum absolute atomic E-state index is 13.5. The van der Waals surface area contributed by atoms with Gasteiger partial charge < -0.3 is 15.2 Å². The van der Waals surface area contributed by atoms with Gasteiger partial charge in [-0.15, -0.1) is 0 Å². The van der Waals surface area contributed by atoms with Crippen LogP contribution in [0.5, 0.6) is 0 Å². The highest BCUT2D eigenvalue weighted by molar-refractivity contribution is 5.96. The molecule has 7 heteroatoms. The highest BCUT2D eigenvalue weighted by Crippen LogP contribution is 2.21. The van der Waals surface area contributed by atoms with Gasteiger partial charge in [-0.3, -0.25) is 9.59 Å². The number of hydrogen-bond acceptors (Lipinski definition) is 4. The lowest BCUT2D eigenvalue weighted by Gasteiger charge is -2.09. The number of nitrogens with one attached hydrogen (secondary N) is 2. The van der Waals surface area contributed by atoms with Crippen molar-refractivity contribution in [1.82, 2.24) is 15.8 Å². The van der Waals surface area contributed by atoms with Crippen molar-refractivity contribution in [2.75, 3.05) is 13.1 Å². The predicted octanol–water partition coefficient (Wildman–Crippen LogP) is 2.71. The van der Waals surface area contributed by atoms with Crippen molar-refractivity contribution in [3.8, 4) is 0 Å². The molecule has 2 amide bonds. The van der Waals surface area contributed by atoms with Gasteiger partial charge in [0.2, 0.25) is 0 Å². The Balaban J connectivity index is 1.87. The zero-order chi connectivity index (χ0) is 18.6. The minimum Gasteiger partial charge on any atom is -0.360 e. The Morgan fingerprint density at radius 3 is 2.40 bits per heavy atom. The van der Waals surface area contributed by atoms with Gasteiger partial charge in [0.05, 0.1) is 5.69 Å². The second kappa shape index (κ2) is 7.92. The fourth-order valence-corrected chi connectivity index (χ4v) is 2.33. The van der Waals surface area contributed by atoms with E-state index in [1.54, 1.807) is 26.0 Å². The van der Waals surface area contributed by atoms with Crippen LogP contribution in [0.4, 0.5) is 4.39 Å². The van der Waals surface area contributed by atoms with Crippen molar-refractivity contribution in [3.05, 3.63) is 52.2 Å². The Labute approximate surface area is 145 Å². The van der Waals surface area contributed by atoms with Gasteiger partial charge in [0.25, 0.3) is 11.8 Å². The quantitative estimate of drug-likeness (QED) is 0.787. The molecule has 134 valence electrons. The number of halogens is 1. The normalized spacial score (nSPS) is 10.8. The van der Waals surface area contributed by atoms with E-state index < -0.39 is 11.7 Å². The van der Waals surface area contributed by atoms with Crippen molar-refractivity contribution in [3.63, 3.8) is 0 Å². The van der Waals surface area contributed by atoms with Crippen LogP contribution in [0.15, 0.2) is 22.7 Å². The van der Waals surface area contributed by atoms with Gasteiger partial charge in [0, 0.05) is 24.6 Å². The average Bonchev–Trinajstić information content (AvgIpc) is 2.95. The lowest BCUT2D eigenvalue weighted by Crippen LogP contribution is -2.35. The molecule has 0 aliphatic heterocycles. The minimum absolute atomic E-state index is 0.0399. The van der Waals surface area contributed by atoms with Crippen LogP contribution in [0.25, 0.3) is 0 Å². The Bertz CT molecular complexity index is 784. The molecule has 0 spiro atoms. The molecule has 0 aliphatic carbocycles. The van der Waals surface area contributed by atoms with Crippen LogP contribution >= 0.6 is 0 Å². The Morgan fingerprint density at radius 2 is 1.80 bits per heavy atom. The van der Waals surface area contributed by atoms with E-state index in [0.717, 1.165) is 0 Å². The molecule has 0 radical (unpaired) electrons. The number of amides is 2. The molecule has 1 aromatic carbocycles. The molecule has 0 saturated carbocycles. The number of rotatable bonds is 6. The highest BCUT2D eigenvalue weighted by Gasteiger charge is 2.22. The van der Waals surface area contributed by atoms with E-state index in [2.05, 4.69) is 15.8 Å². The van der Waals surface area contributed by atoms with E-state index >= 15 is 0 Å². The number of aromatic nitrogens is 1. The standard InChI is InChI=1S/C18H22FN3O3/c1-10(2)16-15(12(4)22-25-16)18(24)21-8-7-20-17(23)13-6-5-11(3)14(19)9-13/h5-6,9-10H,7-8H2,1-4H3,(H,20,23)(H,21,24). The molecule has 0 bridgehead atoms. The molecule has 2 N–H and O–H groups in total. The first kappa shape index (κ1) is 18.6. The smallest absolute Gasteiger partial charge is 0.256 e. The van der Waals surface area contributed by atoms with E-state index in [1.165, 1.54) is 6.07 Å². The van der Waals surface area contributed by atoms with Gasteiger partial charge in [-0.25, -0.2) is 4.39 Å². The Kier molecular flexibility index (Phi) is 5.90. The van der Waals surface area contributed by atoms with Crippen molar-refractivity contribution in [2.45, 2.75) is 33.6 Å². The summed E-state index contributed by atoms with van der Waals surface area (Å²) in [4.78, 5) is 24.2. The summed E-state index contributed by atoms with van der Waals surface area (Å²) in [5.74, 6) is -0.535. The third-order valence-electron chi connectivity index (χ3n) is 3.77. The van der Waals surface area contributed by atoms with Crippen LogP contribution in [0, 0.1) is 19.7 Å². The van der Waals surface area contributed by atoms with E-state index in [-0.39, 0.29) is 30.5 Å². The first-order chi connectivity index (χ1) is 11.8. The van der Waals surface area contributed by atoms with Crippen LogP contribution in [-0.2, 0) is 0 Å². The molecular formula is C18H22FN3O3. The summed E-state index contributed by atoms with van der Waals surface area (Å²) in [5, 5.41) is 9.19. The van der Waals surface area contributed by atoms with E-state index in [1.807, 2.05) is 13.8 Å². The number of carbonyl (C=O) groups is 2. The maximum atomic E-state index is 13.5. The summed E-state index contributed by atoms with van der Waals surface area (Å²) >= 11 is 0. The van der Waals surface area contributed by atoms with Crippen molar-refractivity contribution >= 4 is 11.8 Å². The predicted molar refractivity (Wildman–Crippen MR) is 91.1 cm³/mol. The molecule has 6 nitrogen and oxygen atoms in total. The molecule has 0 fully saturated rings. The fraction of sp³-hybridized carbons (Fsp3) is 0.389. The summed E-state index contributed by atoms with van der Waals surface area (Å²) in [6, 6.07) is 4.30. The lowest BCUT2D eigenvalue weighted by molar-refractivity contribution is 0.0926. The number of nitrogens with zero attached hydrogens (tertiary/aromatic N) is 1. The second-order valence-electron chi connectivity index (χ2n) is 6.14. The molecule has 1 aromatic heterocycles. The van der Waals surface area contributed by atoms with Crippen LogP contribution in [-0.4, -0.2) is 30.1 Å². The molecule has 0 unspecified atom stereocenters. The third-order valence-corrected chi connectivity index (χ3v) is 3.77. The molecule has 2 rings (SSSR count). The third kappa shape index (κ3) is 4.43. The van der Waals surface area contributed by atoms with Gasteiger partial charge >= 0.3 is 0 Å². The van der Waals surface area contributed by atoms with Crippen LogP contribution in [0.1, 0.15) is 57.5 Å². The van der Waals surface area contributed by atoms with Gasteiger partial charge in [0.1, 0.15) is 11.4 Å². The highest BCUT2D eigenvalue weighted by atomic mass is 19.1. The first-order valence-electron chi connectivity index (χ1n) is 8.10. The van der Waals surface area contributed by atoms with Crippen LogP contribution < -0.4 is 10.6 Å². The van der Waals surface area contributed by atoms with E-state index in [9.17, 15) is 14.0 Å². The second-order valence-corrected chi connectivity index (χ2v) is 6.14. The molecule has 25 heavy (non-hydrogen) atoms. The fourth-order valence-electron chi connectivity index (χ4n) is 2.33. The summed E-state index contributed by atoms with van der Waals surface area (Å²) in [5.41, 5.74) is 1.68. The summed E-state index contributed by atoms with van der Waals surface area (Å²) in [7, 11) is 0. The largest absolute Gasteiger partial charge is 0.360 e. The molecule has 2 aromatic rings.